The van der Waals surface area contributed by atoms with Gasteiger partial charge in [0.1, 0.15) is 10.7 Å². The predicted molar refractivity (Wildman–Crippen MR) is 99.9 cm³/mol. The number of thiazole rings is 1. The Balaban J connectivity index is 1.44. The molecule has 2 aromatic rings. The lowest BCUT2D eigenvalue weighted by Crippen LogP contribution is -2.25. The number of amidine groups is 1. The van der Waals surface area contributed by atoms with Gasteiger partial charge in [0, 0.05) is 39.8 Å². The van der Waals surface area contributed by atoms with Crippen molar-refractivity contribution in [3.63, 3.8) is 0 Å². The van der Waals surface area contributed by atoms with Crippen LogP contribution in [0.2, 0.25) is 0 Å². The Hall–Kier alpha value is -1.63. The highest BCUT2D eigenvalue weighted by atomic mass is 32.2. The van der Waals surface area contributed by atoms with Crippen LogP contribution in [0.3, 0.4) is 0 Å². The van der Waals surface area contributed by atoms with Gasteiger partial charge in [0.05, 0.1) is 5.69 Å². The van der Waals surface area contributed by atoms with Gasteiger partial charge >= 0.3 is 0 Å². The number of anilines is 1. The standard InChI is InChI=1S/C12H14N6O2S4/c13-11(14)17-12-16-7(4-23-12)3-21-2-1-15-10-8-5-22-6-9(8)24(19,20)18-10/h4-6H,1-3H2,(H,15,18)(H4,13,14,16,17). The van der Waals surface area contributed by atoms with Crippen LogP contribution < -0.4 is 16.4 Å². The van der Waals surface area contributed by atoms with Crippen LogP contribution in [0.4, 0.5) is 5.13 Å². The fourth-order valence-corrected chi connectivity index (χ4v) is 5.90. The molecule has 1 aliphatic rings. The number of fused-ring (bicyclic) bond motifs is 1. The highest BCUT2D eigenvalue weighted by Gasteiger charge is 2.29. The monoisotopic (exact) mass is 402 g/mol. The quantitative estimate of drug-likeness (QED) is 0.327. The van der Waals surface area contributed by atoms with Gasteiger partial charge in [-0.3, -0.25) is 5.41 Å². The number of aromatic nitrogens is 1. The van der Waals surface area contributed by atoms with Crippen LogP contribution in [0.15, 0.2) is 25.4 Å². The fraction of sp³-hybridized carbons (Fsp3) is 0.250. The second-order valence-electron chi connectivity index (χ2n) is 4.73. The smallest absolute Gasteiger partial charge is 0.285 e. The molecule has 128 valence electrons. The lowest BCUT2D eigenvalue weighted by atomic mass is 10.3. The molecule has 3 heterocycles. The summed E-state index contributed by atoms with van der Waals surface area (Å²) in [5.41, 5.74) is 6.82. The molecule has 0 atom stereocenters. The topological polar surface area (TPSA) is 133 Å². The number of guanidine groups is 1. The van der Waals surface area contributed by atoms with E-state index in [-0.39, 0.29) is 10.9 Å². The maximum absolute atomic E-state index is 11.8. The fourth-order valence-electron chi connectivity index (χ4n) is 1.97. The van der Waals surface area contributed by atoms with Gasteiger partial charge in [-0.05, 0) is 0 Å². The lowest BCUT2D eigenvalue weighted by Gasteiger charge is -2.04. The number of thioether (sulfide) groups is 1. The van der Waals surface area contributed by atoms with Crippen molar-refractivity contribution in [3.05, 3.63) is 27.4 Å². The summed E-state index contributed by atoms with van der Waals surface area (Å²) < 4.78 is 27.4. The molecule has 2 aromatic heterocycles. The van der Waals surface area contributed by atoms with E-state index < -0.39 is 10.0 Å². The third-order valence-corrected chi connectivity index (χ3v) is 6.96. The molecular weight excluding hydrogens is 388 g/mol. The summed E-state index contributed by atoms with van der Waals surface area (Å²) in [6.45, 7) is 0.608. The van der Waals surface area contributed by atoms with E-state index in [0.717, 1.165) is 17.2 Å². The van der Waals surface area contributed by atoms with E-state index in [2.05, 4.69) is 20.0 Å². The Labute approximate surface area is 151 Å². The SMILES string of the molecule is N=C(N)Nc1nc(CSCCNC2=NS(=O)(=O)c3cscc32)cs1. The van der Waals surface area contributed by atoms with Gasteiger partial charge in [-0.25, -0.2) is 4.98 Å². The number of hydrogen-bond acceptors (Lipinski definition) is 8. The van der Waals surface area contributed by atoms with Crippen LogP contribution >= 0.6 is 34.4 Å². The number of sulfonamides is 1. The Morgan fingerprint density at radius 1 is 1.38 bits per heavy atom. The van der Waals surface area contributed by atoms with Gasteiger partial charge in [0.2, 0.25) is 0 Å². The summed E-state index contributed by atoms with van der Waals surface area (Å²) >= 11 is 4.42. The number of nitrogens with two attached hydrogens (primary N) is 1. The number of thiophene rings is 1. The van der Waals surface area contributed by atoms with Crippen molar-refractivity contribution >= 4 is 61.4 Å². The van der Waals surface area contributed by atoms with Crippen molar-refractivity contribution in [2.45, 2.75) is 10.6 Å². The van der Waals surface area contributed by atoms with Crippen molar-refractivity contribution in [1.29, 1.82) is 5.41 Å². The number of nitrogens with zero attached hydrogens (tertiary/aromatic N) is 2. The van der Waals surface area contributed by atoms with Crippen LogP contribution in [0, 0.1) is 5.41 Å². The largest absolute Gasteiger partial charge is 0.370 e. The van der Waals surface area contributed by atoms with Crippen LogP contribution in [0.5, 0.6) is 0 Å². The molecule has 0 saturated heterocycles. The molecular formula is C12H14N6O2S4. The molecule has 0 aromatic carbocycles. The first-order valence-corrected chi connectivity index (χ1v) is 11.2. The zero-order chi connectivity index (χ0) is 17.2. The highest BCUT2D eigenvalue weighted by molar-refractivity contribution is 7.98. The molecule has 0 fully saturated rings. The van der Waals surface area contributed by atoms with Crippen molar-refractivity contribution in [3.8, 4) is 0 Å². The van der Waals surface area contributed by atoms with E-state index in [9.17, 15) is 8.42 Å². The number of nitrogens with one attached hydrogen (secondary N) is 3. The first-order chi connectivity index (χ1) is 11.5. The summed E-state index contributed by atoms with van der Waals surface area (Å²) in [4.78, 5) is 4.60. The molecule has 8 nitrogen and oxygen atoms in total. The minimum Gasteiger partial charge on any atom is -0.370 e. The average Bonchev–Trinajstić information content (AvgIpc) is 3.18. The number of rotatable bonds is 6. The summed E-state index contributed by atoms with van der Waals surface area (Å²) in [7, 11) is -3.52. The Bertz CT molecular complexity index is 885. The Morgan fingerprint density at radius 2 is 2.21 bits per heavy atom. The molecule has 5 N–H and O–H groups in total. The summed E-state index contributed by atoms with van der Waals surface area (Å²) in [5, 5.41) is 18.8. The molecule has 0 amide bonds. The summed E-state index contributed by atoms with van der Waals surface area (Å²) in [6, 6.07) is 0. The maximum Gasteiger partial charge on any atom is 0.285 e. The predicted octanol–water partition coefficient (Wildman–Crippen LogP) is 1.48. The van der Waals surface area contributed by atoms with E-state index in [1.165, 1.54) is 22.7 Å². The van der Waals surface area contributed by atoms with Crippen LogP contribution in [0.25, 0.3) is 0 Å². The first kappa shape index (κ1) is 17.2. The van der Waals surface area contributed by atoms with Gasteiger partial charge < -0.3 is 16.4 Å². The minimum atomic E-state index is -3.52. The zero-order valence-electron chi connectivity index (χ0n) is 12.3. The molecule has 0 spiro atoms. The van der Waals surface area contributed by atoms with E-state index in [1.807, 2.05) is 5.38 Å². The van der Waals surface area contributed by atoms with Crippen LogP contribution in [-0.4, -0.2) is 37.5 Å². The Kier molecular flexibility index (Phi) is 5.08. The molecule has 0 aliphatic carbocycles. The normalized spacial score (nSPS) is 14.9. The van der Waals surface area contributed by atoms with E-state index in [1.54, 1.807) is 22.5 Å². The summed E-state index contributed by atoms with van der Waals surface area (Å²) in [5.74, 6) is 1.80. The molecule has 0 radical (unpaired) electrons. The summed E-state index contributed by atoms with van der Waals surface area (Å²) in [6.07, 6.45) is 0. The van der Waals surface area contributed by atoms with Crippen molar-refractivity contribution in [2.24, 2.45) is 10.1 Å². The van der Waals surface area contributed by atoms with Gasteiger partial charge in [0.25, 0.3) is 10.0 Å². The molecule has 3 rings (SSSR count). The van der Waals surface area contributed by atoms with Gasteiger partial charge in [-0.1, -0.05) is 0 Å². The average molecular weight is 403 g/mol. The van der Waals surface area contributed by atoms with Gasteiger partial charge in [0.15, 0.2) is 11.1 Å². The Morgan fingerprint density at radius 3 is 3.00 bits per heavy atom. The van der Waals surface area contributed by atoms with Crippen molar-refractivity contribution < 1.29 is 8.42 Å². The molecule has 0 unspecified atom stereocenters. The maximum atomic E-state index is 11.8. The van der Waals surface area contributed by atoms with E-state index in [4.69, 9.17) is 11.1 Å². The second kappa shape index (κ2) is 7.09. The molecule has 24 heavy (non-hydrogen) atoms. The van der Waals surface area contributed by atoms with Gasteiger partial charge in [-0.15, -0.1) is 15.7 Å². The van der Waals surface area contributed by atoms with Crippen LogP contribution in [-0.2, 0) is 15.8 Å². The molecule has 1 aliphatic heterocycles. The highest BCUT2D eigenvalue weighted by Crippen LogP contribution is 2.28. The van der Waals surface area contributed by atoms with Crippen molar-refractivity contribution in [2.75, 3.05) is 17.6 Å². The molecule has 0 saturated carbocycles. The van der Waals surface area contributed by atoms with E-state index >= 15 is 0 Å². The van der Waals surface area contributed by atoms with Crippen molar-refractivity contribution in [1.82, 2.24) is 10.3 Å². The lowest BCUT2D eigenvalue weighted by molar-refractivity contribution is 0.599. The third kappa shape index (κ3) is 3.88. The van der Waals surface area contributed by atoms with Gasteiger partial charge in [-0.2, -0.15) is 31.5 Å². The first-order valence-electron chi connectivity index (χ1n) is 6.74. The third-order valence-electron chi connectivity index (χ3n) is 2.95. The minimum absolute atomic E-state index is 0.132. The second-order valence-corrected chi connectivity index (χ2v) is 9.01. The number of hydrogen-bond donors (Lipinski definition) is 4. The zero-order valence-corrected chi connectivity index (χ0v) is 15.5. The van der Waals surface area contributed by atoms with E-state index in [0.29, 0.717) is 23.1 Å². The van der Waals surface area contributed by atoms with Crippen LogP contribution in [0.1, 0.15) is 11.3 Å². The molecule has 0 bridgehead atoms. The molecule has 12 heteroatoms.